The number of β-amino-alcohol motifs (C(OH)–C–C–N with tert-alkyl or cyclic N) is 1. The van der Waals surface area contributed by atoms with Crippen LogP contribution in [0.2, 0.25) is 0 Å². The highest BCUT2D eigenvalue weighted by atomic mass is 16.5. The van der Waals surface area contributed by atoms with Gasteiger partial charge in [-0.15, -0.1) is 0 Å². The third-order valence-corrected chi connectivity index (χ3v) is 7.56. The quantitative estimate of drug-likeness (QED) is 0.683. The summed E-state index contributed by atoms with van der Waals surface area (Å²) in [6.07, 6.45) is 3.47. The van der Waals surface area contributed by atoms with Crippen molar-refractivity contribution in [3.63, 3.8) is 0 Å². The van der Waals surface area contributed by atoms with Crippen LogP contribution in [0.1, 0.15) is 41.6 Å². The second-order valence-corrected chi connectivity index (χ2v) is 10.1. The number of hydrogen-bond donors (Lipinski definition) is 1. The van der Waals surface area contributed by atoms with Gasteiger partial charge >= 0.3 is 6.03 Å². The summed E-state index contributed by atoms with van der Waals surface area (Å²) in [5.41, 5.74) is 4.92. The molecular formula is C27H36N4O3. The number of hydrogen-bond acceptors (Lipinski definition) is 5. The van der Waals surface area contributed by atoms with Crippen LogP contribution in [-0.2, 0) is 24.2 Å². The van der Waals surface area contributed by atoms with Crippen LogP contribution in [0, 0.1) is 5.92 Å². The topological polar surface area (TPSA) is 69.1 Å². The van der Waals surface area contributed by atoms with Crippen LogP contribution in [0.5, 0.6) is 0 Å². The lowest BCUT2D eigenvalue weighted by Gasteiger charge is -2.31. The average molecular weight is 465 g/mol. The highest BCUT2D eigenvalue weighted by Gasteiger charge is 2.31. The minimum atomic E-state index is -0.548. The lowest BCUT2D eigenvalue weighted by Crippen LogP contribution is -2.43. The monoisotopic (exact) mass is 464 g/mol. The number of fused-ring (bicyclic) bond motifs is 1. The van der Waals surface area contributed by atoms with Gasteiger partial charge in [0.1, 0.15) is 0 Å². The zero-order chi connectivity index (χ0) is 23.5. The van der Waals surface area contributed by atoms with E-state index in [1.165, 1.54) is 16.7 Å². The van der Waals surface area contributed by atoms with E-state index < -0.39 is 6.10 Å². The molecule has 2 fully saturated rings. The first-order valence-electron chi connectivity index (χ1n) is 12.6. The van der Waals surface area contributed by atoms with Gasteiger partial charge in [-0.25, -0.2) is 4.79 Å². The van der Waals surface area contributed by atoms with Crippen LogP contribution in [-0.4, -0.2) is 82.9 Å². The van der Waals surface area contributed by atoms with Crippen LogP contribution < -0.4 is 0 Å². The zero-order valence-corrected chi connectivity index (χ0v) is 20.1. The van der Waals surface area contributed by atoms with Crippen molar-refractivity contribution in [1.29, 1.82) is 0 Å². The maximum Gasteiger partial charge on any atom is 0.320 e. The molecule has 0 radical (unpaired) electrons. The van der Waals surface area contributed by atoms with Crippen molar-refractivity contribution < 1.29 is 14.6 Å². The molecule has 3 aliphatic heterocycles. The smallest absolute Gasteiger partial charge is 0.320 e. The highest BCUT2D eigenvalue weighted by molar-refractivity contribution is 5.76. The summed E-state index contributed by atoms with van der Waals surface area (Å²) < 4.78 is 5.56. The van der Waals surface area contributed by atoms with Gasteiger partial charge in [0.2, 0.25) is 0 Å². The Morgan fingerprint density at radius 2 is 1.91 bits per heavy atom. The molecule has 182 valence electrons. The van der Waals surface area contributed by atoms with E-state index in [2.05, 4.69) is 53.2 Å². The molecule has 0 spiro atoms. The van der Waals surface area contributed by atoms with E-state index in [-0.39, 0.29) is 6.03 Å². The summed E-state index contributed by atoms with van der Waals surface area (Å²) >= 11 is 0. The number of benzene rings is 1. The number of aliphatic hydroxyl groups is 1. The molecule has 34 heavy (non-hydrogen) atoms. The molecule has 0 bridgehead atoms. The maximum absolute atomic E-state index is 12.9. The maximum atomic E-state index is 12.9. The van der Waals surface area contributed by atoms with E-state index in [1.807, 2.05) is 11.1 Å². The molecule has 0 aliphatic carbocycles. The molecule has 1 N–H and O–H groups in total. The van der Waals surface area contributed by atoms with E-state index in [1.54, 1.807) is 4.90 Å². The number of nitrogens with zero attached hydrogens (tertiary/aromatic N) is 4. The zero-order valence-electron chi connectivity index (χ0n) is 20.1. The van der Waals surface area contributed by atoms with Gasteiger partial charge in [0.05, 0.1) is 18.3 Å². The Balaban J connectivity index is 1.10. The highest BCUT2D eigenvalue weighted by Crippen LogP contribution is 2.31. The van der Waals surface area contributed by atoms with Crippen molar-refractivity contribution in [2.45, 2.75) is 44.9 Å². The van der Waals surface area contributed by atoms with Crippen molar-refractivity contribution in [2.24, 2.45) is 5.92 Å². The van der Waals surface area contributed by atoms with E-state index >= 15 is 0 Å². The summed E-state index contributed by atoms with van der Waals surface area (Å²) in [5.74, 6) is 0.996. The van der Waals surface area contributed by atoms with Crippen molar-refractivity contribution in [1.82, 2.24) is 19.7 Å². The molecule has 1 aromatic heterocycles. The van der Waals surface area contributed by atoms with Gasteiger partial charge < -0.3 is 19.6 Å². The molecule has 3 aliphatic rings. The molecule has 2 aromatic rings. The first-order chi connectivity index (χ1) is 16.6. The average Bonchev–Trinajstić information content (AvgIpc) is 3.18. The SMILES string of the molecule is CC1COCCC1c1ccc(CN2CCN(C[C@H](O)CN3CCc4ccccc4C3)C2=O)nc1. The fraction of sp³-hybridized carbons (Fsp3) is 0.556. The number of aliphatic hydroxyl groups excluding tert-OH is 1. The Bertz CT molecular complexity index is 982. The molecule has 4 heterocycles. The summed E-state index contributed by atoms with van der Waals surface area (Å²) in [6, 6.07) is 12.7. The first-order valence-corrected chi connectivity index (χ1v) is 12.6. The van der Waals surface area contributed by atoms with Crippen LogP contribution in [0.3, 0.4) is 0 Å². The van der Waals surface area contributed by atoms with E-state index in [0.717, 1.165) is 44.8 Å². The molecule has 3 atom stereocenters. The van der Waals surface area contributed by atoms with E-state index in [9.17, 15) is 9.90 Å². The normalized spacial score (nSPS) is 24.4. The summed E-state index contributed by atoms with van der Waals surface area (Å²) in [4.78, 5) is 23.5. The molecule has 2 saturated heterocycles. The van der Waals surface area contributed by atoms with Crippen LogP contribution in [0.4, 0.5) is 4.79 Å². The Morgan fingerprint density at radius 1 is 1.09 bits per heavy atom. The summed E-state index contributed by atoms with van der Waals surface area (Å²) in [6.45, 7) is 8.45. The first kappa shape index (κ1) is 23.3. The van der Waals surface area contributed by atoms with Crippen molar-refractivity contribution in [2.75, 3.05) is 45.9 Å². The summed E-state index contributed by atoms with van der Waals surface area (Å²) in [5, 5.41) is 10.7. The number of aromatic nitrogens is 1. The number of carbonyl (C=O) groups is 1. The Morgan fingerprint density at radius 3 is 2.71 bits per heavy atom. The predicted molar refractivity (Wildman–Crippen MR) is 130 cm³/mol. The second kappa shape index (κ2) is 10.4. The molecule has 7 nitrogen and oxygen atoms in total. The third-order valence-electron chi connectivity index (χ3n) is 7.56. The van der Waals surface area contributed by atoms with E-state index in [4.69, 9.17) is 4.74 Å². The van der Waals surface area contributed by atoms with Gasteiger partial charge in [0.25, 0.3) is 0 Å². The fourth-order valence-corrected chi connectivity index (χ4v) is 5.59. The molecule has 0 saturated carbocycles. The Hall–Kier alpha value is -2.48. The minimum Gasteiger partial charge on any atom is -0.390 e. The number of rotatable bonds is 7. The number of ether oxygens (including phenoxy) is 1. The number of urea groups is 1. The van der Waals surface area contributed by atoms with Gasteiger partial charge in [-0.2, -0.15) is 0 Å². The lowest BCUT2D eigenvalue weighted by atomic mass is 9.84. The van der Waals surface area contributed by atoms with Crippen LogP contribution >= 0.6 is 0 Å². The number of carbonyl (C=O) groups excluding carboxylic acids is 1. The van der Waals surface area contributed by atoms with Gasteiger partial charge in [-0.05, 0) is 47.4 Å². The van der Waals surface area contributed by atoms with Crippen molar-refractivity contribution in [3.8, 4) is 0 Å². The van der Waals surface area contributed by atoms with Gasteiger partial charge in [-0.3, -0.25) is 9.88 Å². The largest absolute Gasteiger partial charge is 0.390 e. The predicted octanol–water partition coefficient (Wildman–Crippen LogP) is 2.88. The molecule has 2 unspecified atom stereocenters. The van der Waals surface area contributed by atoms with Crippen molar-refractivity contribution >= 4 is 6.03 Å². The second-order valence-electron chi connectivity index (χ2n) is 10.1. The van der Waals surface area contributed by atoms with Gasteiger partial charge in [0, 0.05) is 58.7 Å². The fourth-order valence-electron chi connectivity index (χ4n) is 5.59. The molecule has 1 aromatic carbocycles. The lowest BCUT2D eigenvalue weighted by molar-refractivity contribution is 0.0472. The van der Waals surface area contributed by atoms with Crippen molar-refractivity contribution in [3.05, 3.63) is 65.0 Å². The molecular weight excluding hydrogens is 428 g/mol. The summed E-state index contributed by atoms with van der Waals surface area (Å²) in [7, 11) is 0. The van der Waals surface area contributed by atoms with E-state index in [0.29, 0.717) is 44.6 Å². The number of pyridine rings is 1. The van der Waals surface area contributed by atoms with Gasteiger partial charge in [0.15, 0.2) is 0 Å². The van der Waals surface area contributed by atoms with Crippen LogP contribution in [0.25, 0.3) is 0 Å². The molecule has 2 amide bonds. The number of amides is 2. The van der Waals surface area contributed by atoms with Crippen LogP contribution in [0.15, 0.2) is 42.6 Å². The minimum absolute atomic E-state index is 0.00744. The van der Waals surface area contributed by atoms with Gasteiger partial charge in [-0.1, -0.05) is 37.3 Å². The third kappa shape index (κ3) is 5.27. The standard InChI is InChI=1S/C27H36N4O3/c1-20-19-34-13-9-26(20)22-6-7-24(28-14-22)16-30-11-12-31(27(30)33)18-25(32)17-29-10-8-21-4-2-3-5-23(21)15-29/h2-7,14,20,25-26,32H,8-13,15-19H2,1H3/t20?,25-,26?/m1/s1. The molecule has 7 heteroatoms. The Labute approximate surface area is 202 Å². The Kier molecular flexibility index (Phi) is 7.13. The molecule has 5 rings (SSSR count).